The predicted octanol–water partition coefficient (Wildman–Crippen LogP) is 2.41. The summed E-state index contributed by atoms with van der Waals surface area (Å²) in [6, 6.07) is 5.97. The first kappa shape index (κ1) is 15.5. The number of aromatic nitrogens is 3. The van der Waals surface area contributed by atoms with Crippen LogP contribution in [0.1, 0.15) is 17.3 Å². The monoisotopic (exact) mass is 345 g/mol. The first-order chi connectivity index (χ1) is 11.8. The summed E-state index contributed by atoms with van der Waals surface area (Å²) in [6.07, 6.45) is 0. The van der Waals surface area contributed by atoms with Crippen LogP contribution in [0.15, 0.2) is 32.5 Å². The molecule has 126 valence electrons. The normalized spacial score (nSPS) is 16.7. The smallest absolute Gasteiger partial charge is 0.257 e. The number of piperazine rings is 1. The predicted molar refractivity (Wildman–Crippen MR) is 89.4 cm³/mol. The number of hydrogen-bond acceptors (Lipinski definition) is 8. The van der Waals surface area contributed by atoms with Gasteiger partial charge in [0, 0.05) is 38.8 Å². The van der Waals surface area contributed by atoms with E-state index in [1.54, 1.807) is 11.3 Å². The van der Waals surface area contributed by atoms with Crippen molar-refractivity contribution in [1.29, 1.82) is 0 Å². The van der Waals surface area contributed by atoms with Crippen LogP contribution in [0.5, 0.6) is 0 Å². The van der Waals surface area contributed by atoms with E-state index in [2.05, 4.69) is 25.2 Å². The number of aryl methyl sites for hydroxylation is 1. The Balaban J connectivity index is 1.29. The van der Waals surface area contributed by atoms with Gasteiger partial charge < -0.3 is 8.94 Å². The third-order valence-corrected chi connectivity index (χ3v) is 4.94. The lowest BCUT2D eigenvalue weighted by Gasteiger charge is -2.33. The first-order valence-corrected chi connectivity index (χ1v) is 8.87. The quantitative estimate of drug-likeness (QED) is 0.703. The number of nitrogens with zero attached hydrogens (tertiary/aromatic N) is 5. The van der Waals surface area contributed by atoms with Crippen molar-refractivity contribution in [2.75, 3.05) is 26.2 Å². The Morgan fingerprint density at radius 2 is 1.92 bits per heavy atom. The minimum atomic E-state index is 0.611. The van der Waals surface area contributed by atoms with E-state index >= 15 is 0 Å². The third kappa shape index (κ3) is 3.55. The summed E-state index contributed by atoms with van der Waals surface area (Å²) >= 11 is 1.61. The molecule has 0 radical (unpaired) electrons. The molecule has 1 fully saturated rings. The Morgan fingerprint density at radius 1 is 1.12 bits per heavy atom. The zero-order valence-corrected chi connectivity index (χ0v) is 14.3. The maximum absolute atomic E-state index is 5.77. The van der Waals surface area contributed by atoms with Crippen LogP contribution in [-0.2, 0) is 13.1 Å². The molecule has 3 aromatic heterocycles. The summed E-state index contributed by atoms with van der Waals surface area (Å²) in [4.78, 5) is 5.75. The van der Waals surface area contributed by atoms with Crippen molar-refractivity contribution in [3.63, 3.8) is 0 Å². The molecule has 4 rings (SSSR count). The molecule has 0 amide bonds. The summed E-state index contributed by atoms with van der Waals surface area (Å²) < 4.78 is 10.9. The van der Waals surface area contributed by atoms with Crippen molar-refractivity contribution in [3.05, 3.63) is 40.9 Å². The Morgan fingerprint density at radius 3 is 2.58 bits per heavy atom. The van der Waals surface area contributed by atoms with Crippen LogP contribution in [0.2, 0.25) is 0 Å². The van der Waals surface area contributed by atoms with Crippen LogP contribution in [0.25, 0.3) is 10.8 Å². The lowest BCUT2D eigenvalue weighted by Crippen LogP contribution is -2.45. The number of rotatable bonds is 5. The van der Waals surface area contributed by atoms with E-state index in [4.69, 9.17) is 8.94 Å². The lowest BCUT2D eigenvalue weighted by atomic mass is 10.3. The molecule has 3 aromatic rings. The minimum absolute atomic E-state index is 0.611. The molecule has 0 N–H and O–H groups in total. The fraction of sp³-hybridized carbons (Fsp3) is 0.438. The van der Waals surface area contributed by atoms with Gasteiger partial charge in [-0.1, -0.05) is 11.2 Å². The Kier molecular flexibility index (Phi) is 4.42. The lowest BCUT2D eigenvalue weighted by molar-refractivity contribution is 0.113. The summed E-state index contributed by atoms with van der Waals surface area (Å²) in [6.45, 7) is 7.42. The van der Waals surface area contributed by atoms with Gasteiger partial charge in [0.25, 0.3) is 5.89 Å². The molecule has 1 saturated heterocycles. The highest BCUT2D eigenvalue weighted by molar-refractivity contribution is 7.13. The van der Waals surface area contributed by atoms with Crippen LogP contribution in [0.4, 0.5) is 0 Å². The van der Waals surface area contributed by atoms with E-state index in [-0.39, 0.29) is 0 Å². The van der Waals surface area contributed by atoms with Crippen LogP contribution in [0, 0.1) is 6.92 Å². The van der Waals surface area contributed by atoms with Crippen molar-refractivity contribution >= 4 is 11.3 Å². The molecular formula is C16H19N5O2S. The van der Waals surface area contributed by atoms with Crippen molar-refractivity contribution in [2.24, 2.45) is 0 Å². The van der Waals surface area contributed by atoms with Crippen molar-refractivity contribution in [3.8, 4) is 10.8 Å². The molecule has 7 nitrogen and oxygen atoms in total. The molecule has 0 saturated carbocycles. The molecule has 8 heteroatoms. The third-order valence-electron chi connectivity index (χ3n) is 4.08. The molecule has 4 heterocycles. The highest BCUT2D eigenvalue weighted by Gasteiger charge is 2.20. The fourth-order valence-electron chi connectivity index (χ4n) is 2.84. The zero-order valence-electron chi connectivity index (χ0n) is 13.5. The average Bonchev–Trinajstić information content (AvgIpc) is 3.31. The van der Waals surface area contributed by atoms with E-state index < -0.39 is 0 Å². The van der Waals surface area contributed by atoms with Crippen LogP contribution < -0.4 is 0 Å². The molecule has 1 aliphatic rings. The second kappa shape index (κ2) is 6.84. The van der Waals surface area contributed by atoms with Gasteiger partial charge in [-0.2, -0.15) is 0 Å². The van der Waals surface area contributed by atoms with Gasteiger partial charge in [0.2, 0.25) is 5.89 Å². The molecule has 0 unspecified atom stereocenters. The fourth-order valence-corrected chi connectivity index (χ4v) is 3.48. The molecule has 0 spiro atoms. The minimum Gasteiger partial charge on any atom is -0.419 e. The number of hydrogen-bond donors (Lipinski definition) is 0. The van der Waals surface area contributed by atoms with Gasteiger partial charge in [-0.15, -0.1) is 21.5 Å². The molecule has 0 bridgehead atoms. The van der Waals surface area contributed by atoms with E-state index in [0.717, 1.165) is 49.1 Å². The van der Waals surface area contributed by atoms with E-state index in [1.165, 1.54) is 0 Å². The molecule has 24 heavy (non-hydrogen) atoms. The summed E-state index contributed by atoms with van der Waals surface area (Å²) in [5.41, 5.74) is 0.999. The van der Waals surface area contributed by atoms with Crippen LogP contribution >= 0.6 is 11.3 Å². The molecule has 0 aliphatic carbocycles. The van der Waals surface area contributed by atoms with Gasteiger partial charge in [0.1, 0.15) is 5.76 Å². The molecule has 0 aromatic carbocycles. The second-order valence-corrected chi connectivity index (χ2v) is 6.91. The van der Waals surface area contributed by atoms with Crippen LogP contribution in [-0.4, -0.2) is 51.3 Å². The average molecular weight is 345 g/mol. The second-order valence-electron chi connectivity index (χ2n) is 5.96. The molecule has 1 aliphatic heterocycles. The van der Waals surface area contributed by atoms with Gasteiger partial charge in [-0.05, 0) is 18.4 Å². The van der Waals surface area contributed by atoms with E-state index in [1.807, 2.05) is 30.5 Å². The maximum Gasteiger partial charge on any atom is 0.257 e. The SMILES string of the molecule is Cc1cc(CN2CCN(Cc3nnc(-c4cccs4)o3)CC2)no1. The summed E-state index contributed by atoms with van der Waals surface area (Å²) in [5.74, 6) is 2.15. The Labute approximate surface area is 143 Å². The van der Waals surface area contributed by atoms with Crippen LogP contribution in [0.3, 0.4) is 0 Å². The Bertz CT molecular complexity index is 774. The molecular weight excluding hydrogens is 326 g/mol. The first-order valence-electron chi connectivity index (χ1n) is 7.99. The van der Waals surface area contributed by atoms with Gasteiger partial charge in [0.15, 0.2) is 0 Å². The van der Waals surface area contributed by atoms with Crippen molar-refractivity contribution in [1.82, 2.24) is 25.2 Å². The summed E-state index contributed by atoms with van der Waals surface area (Å²) in [5, 5.41) is 14.4. The zero-order chi connectivity index (χ0) is 16.4. The maximum atomic E-state index is 5.77. The van der Waals surface area contributed by atoms with Crippen molar-refractivity contribution in [2.45, 2.75) is 20.0 Å². The molecule has 0 atom stereocenters. The largest absolute Gasteiger partial charge is 0.419 e. The van der Waals surface area contributed by atoms with Gasteiger partial charge in [0.05, 0.1) is 17.1 Å². The number of thiophene rings is 1. The standard InChI is InChI=1S/C16H19N5O2S/c1-12-9-13(19-23-12)10-20-4-6-21(7-5-20)11-15-17-18-16(22-15)14-3-2-8-24-14/h2-3,8-9H,4-7,10-11H2,1H3. The van der Waals surface area contributed by atoms with Gasteiger partial charge >= 0.3 is 0 Å². The highest BCUT2D eigenvalue weighted by atomic mass is 32.1. The highest BCUT2D eigenvalue weighted by Crippen LogP contribution is 2.23. The summed E-state index contributed by atoms with van der Waals surface area (Å²) in [7, 11) is 0. The van der Waals surface area contributed by atoms with Gasteiger partial charge in [-0.3, -0.25) is 9.80 Å². The van der Waals surface area contributed by atoms with E-state index in [9.17, 15) is 0 Å². The van der Waals surface area contributed by atoms with Crippen molar-refractivity contribution < 1.29 is 8.94 Å². The van der Waals surface area contributed by atoms with Gasteiger partial charge in [-0.25, -0.2) is 0 Å². The van der Waals surface area contributed by atoms with E-state index in [0.29, 0.717) is 18.3 Å². The topological polar surface area (TPSA) is 71.4 Å². The Hall–Kier alpha value is -2.03.